The van der Waals surface area contributed by atoms with Gasteiger partial charge in [-0.15, -0.1) is 0 Å². The normalized spacial score (nSPS) is 16.6. The van der Waals surface area contributed by atoms with Crippen LogP contribution in [0.25, 0.3) is 4.96 Å². The fourth-order valence-corrected chi connectivity index (χ4v) is 2.35. The van der Waals surface area contributed by atoms with Crippen LogP contribution >= 0.6 is 11.3 Å². The highest BCUT2D eigenvalue weighted by molar-refractivity contribution is 7.16. The van der Waals surface area contributed by atoms with Crippen LogP contribution in [0.1, 0.15) is 34.3 Å². The summed E-state index contributed by atoms with van der Waals surface area (Å²) >= 11 is 1.59. The Hall–Kier alpha value is -1.23. The number of aromatic nitrogens is 3. The van der Waals surface area contributed by atoms with Crippen molar-refractivity contribution >= 4 is 22.6 Å². The molecule has 1 aliphatic rings. The van der Waals surface area contributed by atoms with E-state index in [-0.39, 0.29) is 0 Å². The van der Waals surface area contributed by atoms with Crippen molar-refractivity contribution in [3.8, 4) is 0 Å². The first-order valence-corrected chi connectivity index (χ1v) is 5.00. The Balaban J connectivity index is 2.21. The number of hydrogen-bond acceptors (Lipinski definition) is 4. The quantitative estimate of drug-likeness (QED) is 0.679. The topological polar surface area (TPSA) is 47.3 Å². The molecule has 2 heterocycles. The van der Waals surface area contributed by atoms with Crippen LogP contribution in [0, 0.1) is 0 Å². The zero-order valence-electron chi connectivity index (χ0n) is 6.80. The van der Waals surface area contributed by atoms with E-state index in [1.54, 1.807) is 22.0 Å². The SMILES string of the molecule is O=Cc1cnc2sc(C3CC3)nn12. The van der Waals surface area contributed by atoms with Gasteiger partial charge >= 0.3 is 0 Å². The fraction of sp³-hybridized carbons (Fsp3) is 0.375. The number of aldehydes is 1. The lowest BCUT2D eigenvalue weighted by Crippen LogP contribution is -1.91. The third-order valence-corrected chi connectivity index (χ3v) is 3.26. The predicted molar refractivity (Wildman–Crippen MR) is 48.2 cm³/mol. The predicted octanol–water partition coefficient (Wildman–Crippen LogP) is 1.48. The summed E-state index contributed by atoms with van der Waals surface area (Å²) < 4.78 is 1.63. The minimum Gasteiger partial charge on any atom is -0.296 e. The van der Waals surface area contributed by atoms with Gasteiger partial charge in [-0.2, -0.15) is 5.10 Å². The minimum atomic E-state index is 0.540. The lowest BCUT2D eigenvalue weighted by molar-refractivity contribution is 0.111. The van der Waals surface area contributed by atoms with Crippen LogP contribution in [-0.2, 0) is 0 Å². The summed E-state index contributed by atoms with van der Waals surface area (Å²) in [6, 6.07) is 0. The van der Waals surface area contributed by atoms with E-state index in [2.05, 4.69) is 10.1 Å². The van der Waals surface area contributed by atoms with E-state index in [9.17, 15) is 4.79 Å². The first-order chi connectivity index (χ1) is 6.38. The Labute approximate surface area is 78.2 Å². The van der Waals surface area contributed by atoms with Gasteiger partial charge in [-0.3, -0.25) is 4.79 Å². The van der Waals surface area contributed by atoms with Gasteiger partial charge in [0.2, 0.25) is 4.96 Å². The Morgan fingerprint density at radius 3 is 3.15 bits per heavy atom. The number of carbonyl (C=O) groups excluding carboxylic acids is 1. The van der Waals surface area contributed by atoms with Crippen molar-refractivity contribution in [3.63, 3.8) is 0 Å². The fourth-order valence-electron chi connectivity index (χ4n) is 1.30. The van der Waals surface area contributed by atoms with Gasteiger partial charge in [0.25, 0.3) is 0 Å². The Morgan fingerprint density at radius 1 is 1.62 bits per heavy atom. The Morgan fingerprint density at radius 2 is 2.46 bits per heavy atom. The zero-order chi connectivity index (χ0) is 8.84. The number of hydrogen-bond donors (Lipinski definition) is 0. The maximum absolute atomic E-state index is 10.6. The summed E-state index contributed by atoms with van der Waals surface area (Å²) in [6.45, 7) is 0. The maximum atomic E-state index is 10.6. The lowest BCUT2D eigenvalue weighted by Gasteiger charge is -1.84. The van der Waals surface area contributed by atoms with Crippen LogP contribution in [0.15, 0.2) is 6.20 Å². The summed E-state index contributed by atoms with van der Waals surface area (Å²) in [5, 5.41) is 5.46. The first-order valence-electron chi connectivity index (χ1n) is 4.18. The van der Waals surface area contributed by atoms with Crippen LogP contribution in [-0.4, -0.2) is 20.9 Å². The third-order valence-electron chi connectivity index (χ3n) is 2.17. The molecule has 0 spiro atoms. The molecule has 0 radical (unpaired) electrons. The molecular formula is C8H7N3OS. The summed E-state index contributed by atoms with van der Waals surface area (Å²) in [5.41, 5.74) is 0.540. The molecule has 0 N–H and O–H groups in total. The summed E-state index contributed by atoms with van der Waals surface area (Å²) in [7, 11) is 0. The number of nitrogens with zero attached hydrogens (tertiary/aromatic N) is 3. The second-order valence-corrected chi connectivity index (χ2v) is 4.20. The van der Waals surface area contributed by atoms with Gasteiger partial charge in [0, 0.05) is 5.92 Å². The molecular weight excluding hydrogens is 186 g/mol. The van der Waals surface area contributed by atoms with E-state index in [4.69, 9.17) is 0 Å². The van der Waals surface area contributed by atoms with Crippen LogP contribution < -0.4 is 0 Å². The van der Waals surface area contributed by atoms with E-state index in [1.165, 1.54) is 12.8 Å². The molecule has 1 saturated carbocycles. The first kappa shape index (κ1) is 7.20. The van der Waals surface area contributed by atoms with Crippen molar-refractivity contribution in [2.24, 2.45) is 0 Å². The lowest BCUT2D eigenvalue weighted by atomic mass is 10.5. The highest BCUT2D eigenvalue weighted by atomic mass is 32.1. The molecule has 2 aromatic rings. The minimum absolute atomic E-state index is 0.540. The van der Waals surface area contributed by atoms with Gasteiger partial charge in [-0.1, -0.05) is 11.3 Å². The van der Waals surface area contributed by atoms with Crippen LogP contribution in [0.5, 0.6) is 0 Å². The van der Waals surface area contributed by atoms with Crippen LogP contribution in [0.4, 0.5) is 0 Å². The molecule has 0 aromatic carbocycles. The molecule has 0 amide bonds. The van der Waals surface area contributed by atoms with Crippen molar-refractivity contribution in [2.75, 3.05) is 0 Å². The van der Waals surface area contributed by atoms with Gasteiger partial charge in [-0.05, 0) is 12.8 Å². The average molecular weight is 193 g/mol. The number of imidazole rings is 1. The molecule has 0 saturated heterocycles. The van der Waals surface area contributed by atoms with E-state index in [0.29, 0.717) is 11.6 Å². The van der Waals surface area contributed by atoms with E-state index in [1.807, 2.05) is 0 Å². The van der Waals surface area contributed by atoms with Gasteiger partial charge in [0.05, 0.1) is 6.20 Å². The zero-order valence-corrected chi connectivity index (χ0v) is 7.62. The molecule has 3 rings (SSSR count). The summed E-state index contributed by atoms with van der Waals surface area (Å²) in [6.07, 6.45) is 4.80. The molecule has 1 fully saturated rings. The molecule has 4 nitrogen and oxygen atoms in total. The largest absolute Gasteiger partial charge is 0.296 e. The molecule has 0 atom stereocenters. The highest BCUT2D eigenvalue weighted by Crippen LogP contribution is 2.41. The van der Waals surface area contributed by atoms with Crippen LogP contribution in [0.3, 0.4) is 0 Å². The van der Waals surface area contributed by atoms with Gasteiger partial charge < -0.3 is 0 Å². The van der Waals surface area contributed by atoms with E-state index in [0.717, 1.165) is 16.3 Å². The molecule has 13 heavy (non-hydrogen) atoms. The molecule has 5 heteroatoms. The second-order valence-electron chi connectivity index (χ2n) is 3.21. The third kappa shape index (κ3) is 1.00. The van der Waals surface area contributed by atoms with E-state index >= 15 is 0 Å². The highest BCUT2D eigenvalue weighted by Gasteiger charge is 2.28. The second kappa shape index (κ2) is 2.38. The summed E-state index contributed by atoms with van der Waals surface area (Å²) in [5.74, 6) is 0.631. The Kier molecular flexibility index (Phi) is 1.32. The monoisotopic (exact) mass is 193 g/mol. The molecule has 1 aliphatic carbocycles. The van der Waals surface area contributed by atoms with Crippen molar-refractivity contribution in [3.05, 3.63) is 16.9 Å². The summed E-state index contributed by atoms with van der Waals surface area (Å²) in [4.78, 5) is 15.5. The van der Waals surface area contributed by atoms with Gasteiger partial charge in [0.1, 0.15) is 10.7 Å². The van der Waals surface area contributed by atoms with Crippen molar-refractivity contribution in [1.29, 1.82) is 0 Å². The number of carbonyl (C=O) groups is 1. The van der Waals surface area contributed by atoms with E-state index < -0.39 is 0 Å². The van der Waals surface area contributed by atoms with Crippen molar-refractivity contribution in [2.45, 2.75) is 18.8 Å². The van der Waals surface area contributed by atoms with Crippen LogP contribution in [0.2, 0.25) is 0 Å². The van der Waals surface area contributed by atoms with Crippen molar-refractivity contribution in [1.82, 2.24) is 14.6 Å². The van der Waals surface area contributed by atoms with Crippen molar-refractivity contribution < 1.29 is 4.79 Å². The number of fused-ring (bicyclic) bond motifs is 1. The average Bonchev–Trinajstić information content (AvgIpc) is 2.78. The van der Waals surface area contributed by atoms with Gasteiger partial charge in [0.15, 0.2) is 6.29 Å². The standard InChI is InChI=1S/C8H7N3OS/c12-4-6-3-9-8-11(6)10-7(13-8)5-1-2-5/h3-5H,1-2H2. The van der Waals surface area contributed by atoms with Gasteiger partial charge in [-0.25, -0.2) is 9.50 Å². The molecule has 2 aromatic heterocycles. The molecule has 0 bridgehead atoms. The Bertz CT molecular complexity index is 469. The maximum Gasteiger partial charge on any atom is 0.212 e. The smallest absolute Gasteiger partial charge is 0.212 e. The molecule has 66 valence electrons. The number of rotatable bonds is 2. The molecule has 0 unspecified atom stereocenters. The molecule has 0 aliphatic heterocycles.